The van der Waals surface area contributed by atoms with Crippen LogP contribution < -0.4 is 5.32 Å². The lowest BCUT2D eigenvalue weighted by Gasteiger charge is -2.11. The molecule has 0 fully saturated rings. The van der Waals surface area contributed by atoms with E-state index < -0.39 is 6.10 Å². The van der Waals surface area contributed by atoms with Gasteiger partial charge in [0.2, 0.25) is 0 Å². The molecule has 118 valence electrons. The highest BCUT2D eigenvalue weighted by atomic mass is 32.1. The number of benzene rings is 1. The van der Waals surface area contributed by atoms with Crippen LogP contribution >= 0.6 is 11.3 Å². The van der Waals surface area contributed by atoms with E-state index in [1.54, 1.807) is 35.9 Å². The summed E-state index contributed by atoms with van der Waals surface area (Å²) in [5.41, 5.74) is 1.87. The summed E-state index contributed by atoms with van der Waals surface area (Å²) in [6.07, 6.45) is 2.80. The summed E-state index contributed by atoms with van der Waals surface area (Å²) >= 11 is 1.66. The molecule has 3 nitrogen and oxygen atoms in total. The lowest BCUT2D eigenvalue weighted by molar-refractivity contribution is 0.174. The molecule has 2 aromatic heterocycles. The van der Waals surface area contributed by atoms with Gasteiger partial charge in [0, 0.05) is 35.2 Å². The minimum Gasteiger partial charge on any atom is -0.387 e. The van der Waals surface area contributed by atoms with Gasteiger partial charge in [-0.25, -0.2) is 4.39 Å². The van der Waals surface area contributed by atoms with Crippen LogP contribution in [0.1, 0.15) is 16.5 Å². The molecule has 2 heterocycles. The summed E-state index contributed by atoms with van der Waals surface area (Å²) in [5, 5.41) is 13.3. The quantitative estimate of drug-likeness (QED) is 0.724. The molecular formula is C18H17FN2OS. The maximum absolute atomic E-state index is 13.0. The SMILES string of the molecule is OC(CNCc1ccc(-c2ccc(F)cc2)s1)c1ccncc1. The Kier molecular flexibility index (Phi) is 5.12. The Bertz CT molecular complexity index is 743. The van der Waals surface area contributed by atoms with Crippen LogP contribution in [-0.4, -0.2) is 16.6 Å². The number of pyridine rings is 1. The third-order valence-electron chi connectivity index (χ3n) is 3.52. The second-order valence-electron chi connectivity index (χ2n) is 5.20. The van der Waals surface area contributed by atoms with Crippen molar-refractivity contribution in [3.05, 3.63) is 77.2 Å². The van der Waals surface area contributed by atoms with E-state index in [0.717, 1.165) is 16.0 Å². The fraction of sp³-hybridized carbons (Fsp3) is 0.167. The highest BCUT2D eigenvalue weighted by Gasteiger charge is 2.07. The minimum atomic E-state index is -0.547. The largest absolute Gasteiger partial charge is 0.387 e. The molecule has 23 heavy (non-hydrogen) atoms. The molecule has 1 aromatic carbocycles. The Hall–Kier alpha value is -2.08. The van der Waals surface area contributed by atoms with E-state index in [4.69, 9.17) is 0 Å². The number of hydrogen-bond donors (Lipinski definition) is 2. The van der Waals surface area contributed by atoms with Gasteiger partial charge in [0.1, 0.15) is 5.82 Å². The van der Waals surface area contributed by atoms with E-state index in [1.165, 1.54) is 17.0 Å². The third kappa shape index (κ3) is 4.22. The molecule has 3 rings (SSSR count). The lowest BCUT2D eigenvalue weighted by Crippen LogP contribution is -2.20. The van der Waals surface area contributed by atoms with Crippen molar-refractivity contribution in [2.24, 2.45) is 0 Å². The van der Waals surface area contributed by atoms with Gasteiger partial charge in [-0.05, 0) is 47.5 Å². The van der Waals surface area contributed by atoms with Gasteiger partial charge < -0.3 is 10.4 Å². The predicted octanol–water partition coefficient (Wildman–Crippen LogP) is 3.77. The van der Waals surface area contributed by atoms with Crippen LogP contribution in [0.15, 0.2) is 60.9 Å². The molecule has 2 N–H and O–H groups in total. The van der Waals surface area contributed by atoms with Crippen molar-refractivity contribution in [1.82, 2.24) is 10.3 Å². The molecule has 1 atom stereocenters. The Morgan fingerprint density at radius 2 is 1.78 bits per heavy atom. The van der Waals surface area contributed by atoms with Crippen LogP contribution in [-0.2, 0) is 6.54 Å². The van der Waals surface area contributed by atoms with Crippen molar-refractivity contribution < 1.29 is 9.50 Å². The van der Waals surface area contributed by atoms with E-state index in [1.807, 2.05) is 18.2 Å². The first-order valence-corrected chi connectivity index (χ1v) is 8.17. The number of halogens is 1. The summed E-state index contributed by atoms with van der Waals surface area (Å²) in [7, 11) is 0. The summed E-state index contributed by atoms with van der Waals surface area (Å²) in [6.45, 7) is 1.17. The van der Waals surface area contributed by atoms with Gasteiger partial charge in [-0.3, -0.25) is 4.98 Å². The Morgan fingerprint density at radius 1 is 1.04 bits per heavy atom. The standard InChI is InChI=1S/C18H17FN2OS/c19-15-3-1-14(2-4-15)18-6-5-16(23-18)11-21-12-17(22)13-7-9-20-10-8-13/h1-10,17,21-22H,11-12H2. The first-order chi connectivity index (χ1) is 11.2. The molecule has 0 amide bonds. The molecule has 3 aromatic rings. The smallest absolute Gasteiger partial charge is 0.123 e. The van der Waals surface area contributed by atoms with E-state index in [9.17, 15) is 9.50 Å². The van der Waals surface area contributed by atoms with Crippen LogP contribution in [0.2, 0.25) is 0 Å². The molecule has 0 spiro atoms. The van der Waals surface area contributed by atoms with E-state index in [-0.39, 0.29) is 5.82 Å². The van der Waals surface area contributed by atoms with Gasteiger partial charge in [0.15, 0.2) is 0 Å². The second kappa shape index (κ2) is 7.46. The predicted molar refractivity (Wildman–Crippen MR) is 90.6 cm³/mol. The molecule has 1 unspecified atom stereocenters. The summed E-state index contributed by atoms with van der Waals surface area (Å²) < 4.78 is 13.0. The number of thiophene rings is 1. The average molecular weight is 328 g/mol. The molecule has 0 saturated heterocycles. The average Bonchev–Trinajstić information content (AvgIpc) is 3.05. The number of aromatic nitrogens is 1. The van der Waals surface area contributed by atoms with Crippen molar-refractivity contribution >= 4 is 11.3 Å². The van der Waals surface area contributed by atoms with Crippen molar-refractivity contribution in [2.45, 2.75) is 12.6 Å². The normalized spacial score (nSPS) is 12.3. The van der Waals surface area contributed by atoms with Crippen molar-refractivity contribution in [2.75, 3.05) is 6.54 Å². The van der Waals surface area contributed by atoms with Crippen LogP contribution in [0.4, 0.5) is 4.39 Å². The van der Waals surface area contributed by atoms with Crippen LogP contribution in [0.25, 0.3) is 10.4 Å². The van der Waals surface area contributed by atoms with Gasteiger partial charge in [-0.2, -0.15) is 0 Å². The first kappa shape index (κ1) is 15.8. The minimum absolute atomic E-state index is 0.225. The summed E-state index contributed by atoms with van der Waals surface area (Å²) in [5.74, 6) is -0.225. The Balaban J connectivity index is 1.54. The zero-order chi connectivity index (χ0) is 16.1. The summed E-state index contributed by atoms with van der Waals surface area (Å²) in [6, 6.07) is 14.2. The van der Waals surface area contributed by atoms with Crippen LogP contribution in [0.3, 0.4) is 0 Å². The maximum atomic E-state index is 13.0. The third-order valence-corrected chi connectivity index (χ3v) is 4.65. The van der Waals surface area contributed by atoms with E-state index >= 15 is 0 Å². The van der Waals surface area contributed by atoms with Gasteiger partial charge in [0.05, 0.1) is 6.10 Å². The molecule has 0 saturated carbocycles. The number of nitrogens with zero attached hydrogens (tertiary/aromatic N) is 1. The molecule has 5 heteroatoms. The van der Waals surface area contributed by atoms with Gasteiger partial charge in [-0.15, -0.1) is 11.3 Å². The second-order valence-corrected chi connectivity index (χ2v) is 6.37. The molecule has 0 bridgehead atoms. The molecule has 0 aliphatic heterocycles. The van der Waals surface area contributed by atoms with Gasteiger partial charge >= 0.3 is 0 Å². The van der Waals surface area contributed by atoms with Crippen molar-refractivity contribution in [1.29, 1.82) is 0 Å². The number of aliphatic hydroxyl groups is 1. The number of nitrogens with one attached hydrogen (secondary N) is 1. The van der Waals surface area contributed by atoms with Crippen molar-refractivity contribution in [3.63, 3.8) is 0 Å². The Morgan fingerprint density at radius 3 is 2.52 bits per heavy atom. The van der Waals surface area contributed by atoms with E-state index in [2.05, 4.69) is 16.4 Å². The highest BCUT2D eigenvalue weighted by molar-refractivity contribution is 7.15. The van der Waals surface area contributed by atoms with Crippen molar-refractivity contribution in [3.8, 4) is 10.4 Å². The van der Waals surface area contributed by atoms with E-state index in [0.29, 0.717) is 13.1 Å². The van der Waals surface area contributed by atoms with Crippen LogP contribution in [0, 0.1) is 5.82 Å². The monoisotopic (exact) mass is 328 g/mol. The topological polar surface area (TPSA) is 45.1 Å². The number of rotatable bonds is 6. The number of aliphatic hydroxyl groups excluding tert-OH is 1. The first-order valence-electron chi connectivity index (χ1n) is 7.36. The number of hydrogen-bond acceptors (Lipinski definition) is 4. The zero-order valence-corrected chi connectivity index (χ0v) is 13.3. The Labute approximate surface area is 138 Å². The van der Waals surface area contributed by atoms with Gasteiger partial charge in [0.25, 0.3) is 0 Å². The summed E-state index contributed by atoms with van der Waals surface area (Å²) in [4.78, 5) is 6.22. The zero-order valence-electron chi connectivity index (χ0n) is 12.4. The maximum Gasteiger partial charge on any atom is 0.123 e. The fourth-order valence-corrected chi connectivity index (χ4v) is 3.26. The van der Waals surface area contributed by atoms with Crippen LogP contribution in [0.5, 0.6) is 0 Å². The molecule has 0 radical (unpaired) electrons. The molecule has 0 aliphatic rings. The molecule has 0 aliphatic carbocycles. The fourth-order valence-electron chi connectivity index (χ4n) is 2.28. The van der Waals surface area contributed by atoms with Gasteiger partial charge in [-0.1, -0.05) is 12.1 Å². The lowest BCUT2D eigenvalue weighted by atomic mass is 10.1. The molecular weight excluding hydrogens is 311 g/mol. The highest BCUT2D eigenvalue weighted by Crippen LogP contribution is 2.28.